The number of hydrogen-bond donors (Lipinski definition) is 1. The molecule has 3 rings (SSSR count). The molecule has 1 aromatic heterocycles. The molecule has 2 fully saturated rings. The van der Waals surface area contributed by atoms with E-state index in [0.717, 1.165) is 23.8 Å². The van der Waals surface area contributed by atoms with Crippen molar-refractivity contribution in [2.45, 2.75) is 58.4 Å². The van der Waals surface area contributed by atoms with E-state index in [2.05, 4.69) is 31.3 Å². The summed E-state index contributed by atoms with van der Waals surface area (Å²) in [4.78, 5) is 3.13. The summed E-state index contributed by atoms with van der Waals surface area (Å²) in [6, 6.07) is 5.42. The van der Waals surface area contributed by atoms with Gasteiger partial charge in [0.25, 0.3) is 0 Å². The molecule has 1 nitrogen and oxygen atoms in total. The first kappa shape index (κ1) is 13.6. The Hall–Kier alpha value is -0.340. The van der Waals surface area contributed by atoms with Crippen LogP contribution in [-0.4, -0.2) is 12.6 Å². The summed E-state index contributed by atoms with van der Waals surface area (Å²) < 4.78 is 0. The van der Waals surface area contributed by atoms with Crippen LogP contribution in [-0.2, 0) is 12.8 Å². The minimum Gasteiger partial charge on any atom is -0.313 e. The van der Waals surface area contributed by atoms with Crippen molar-refractivity contribution in [1.29, 1.82) is 0 Å². The van der Waals surface area contributed by atoms with Gasteiger partial charge in [0, 0.05) is 15.8 Å². The van der Waals surface area contributed by atoms with Crippen LogP contribution in [0.4, 0.5) is 0 Å². The predicted molar refractivity (Wildman–Crippen MR) is 83.8 cm³/mol. The molecule has 19 heavy (non-hydrogen) atoms. The van der Waals surface area contributed by atoms with Crippen molar-refractivity contribution < 1.29 is 0 Å². The van der Waals surface area contributed by atoms with Crippen molar-refractivity contribution in [2.24, 2.45) is 17.8 Å². The number of hydrogen-bond acceptors (Lipinski definition) is 2. The summed E-state index contributed by atoms with van der Waals surface area (Å²) in [6.45, 7) is 5.71. The Labute approximate surface area is 121 Å². The Bertz CT molecular complexity index is 401. The van der Waals surface area contributed by atoms with Crippen molar-refractivity contribution in [2.75, 3.05) is 6.54 Å². The molecule has 1 N–H and O–H groups in total. The van der Waals surface area contributed by atoms with Crippen LogP contribution < -0.4 is 5.32 Å². The molecule has 0 bridgehead atoms. The molecule has 0 aliphatic heterocycles. The van der Waals surface area contributed by atoms with Gasteiger partial charge in [0.05, 0.1) is 0 Å². The van der Waals surface area contributed by atoms with Crippen molar-refractivity contribution in [1.82, 2.24) is 5.32 Å². The highest BCUT2D eigenvalue weighted by molar-refractivity contribution is 7.11. The predicted octanol–water partition coefficient (Wildman–Crippen LogP) is 4.27. The fourth-order valence-electron chi connectivity index (χ4n) is 3.76. The van der Waals surface area contributed by atoms with Gasteiger partial charge in [-0.25, -0.2) is 0 Å². The highest BCUT2D eigenvalue weighted by Gasteiger charge is 2.47. The Balaban J connectivity index is 1.61. The van der Waals surface area contributed by atoms with Gasteiger partial charge in [-0.15, -0.1) is 11.3 Å². The van der Waals surface area contributed by atoms with Gasteiger partial charge in [-0.2, -0.15) is 0 Å². The van der Waals surface area contributed by atoms with Crippen LogP contribution in [0.25, 0.3) is 0 Å². The number of nitrogens with one attached hydrogen (secondary N) is 1. The fraction of sp³-hybridized carbons (Fsp3) is 0.765. The lowest BCUT2D eigenvalue weighted by atomic mass is 9.91. The van der Waals surface area contributed by atoms with Crippen LogP contribution in [0.2, 0.25) is 0 Å². The normalized spacial score (nSPS) is 30.3. The molecule has 0 amide bonds. The molecule has 0 spiro atoms. The van der Waals surface area contributed by atoms with Crippen LogP contribution in [0.3, 0.4) is 0 Å². The lowest BCUT2D eigenvalue weighted by Gasteiger charge is -2.25. The topological polar surface area (TPSA) is 12.0 Å². The van der Waals surface area contributed by atoms with E-state index in [4.69, 9.17) is 0 Å². The minimum absolute atomic E-state index is 0.733. The second-order valence-electron chi connectivity index (χ2n) is 6.47. The molecule has 2 heteroatoms. The summed E-state index contributed by atoms with van der Waals surface area (Å²) in [5, 5.41) is 3.83. The van der Waals surface area contributed by atoms with E-state index in [1.165, 1.54) is 45.1 Å². The van der Waals surface area contributed by atoms with Crippen molar-refractivity contribution in [3.8, 4) is 0 Å². The first-order valence-corrected chi connectivity index (χ1v) is 8.92. The van der Waals surface area contributed by atoms with Gasteiger partial charge in [-0.05, 0) is 75.0 Å². The average molecular weight is 277 g/mol. The molecule has 0 saturated heterocycles. The zero-order valence-corrected chi connectivity index (χ0v) is 13.1. The number of rotatable bonds is 7. The highest BCUT2D eigenvalue weighted by Crippen LogP contribution is 2.55. The molecule has 106 valence electrons. The van der Waals surface area contributed by atoms with Crippen LogP contribution in [0.5, 0.6) is 0 Å². The third kappa shape index (κ3) is 3.22. The Morgan fingerprint density at radius 1 is 1.16 bits per heavy atom. The monoisotopic (exact) mass is 277 g/mol. The standard InChI is InChI=1S/C17H27NS/c1-3-7-18-17(14-9-12-8-13(12)10-14)11-16-6-5-15(4-2)19-16/h5-6,12-14,17-18H,3-4,7-11H2,1-2H3. The average Bonchev–Trinajstić information content (AvgIpc) is 2.87. The summed E-state index contributed by atoms with van der Waals surface area (Å²) in [5.41, 5.74) is 0. The van der Waals surface area contributed by atoms with E-state index in [9.17, 15) is 0 Å². The lowest BCUT2D eigenvalue weighted by Crippen LogP contribution is -2.38. The quantitative estimate of drug-likeness (QED) is 0.785. The van der Waals surface area contributed by atoms with E-state index in [1.54, 1.807) is 9.75 Å². The molecule has 1 heterocycles. The number of aryl methyl sites for hydroxylation is 1. The van der Waals surface area contributed by atoms with Gasteiger partial charge in [0.15, 0.2) is 0 Å². The second kappa shape index (κ2) is 5.97. The molecule has 2 saturated carbocycles. The molecule has 3 atom stereocenters. The van der Waals surface area contributed by atoms with E-state index in [-0.39, 0.29) is 0 Å². The molecule has 2 aliphatic rings. The first-order chi connectivity index (χ1) is 9.30. The van der Waals surface area contributed by atoms with Gasteiger partial charge >= 0.3 is 0 Å². The minimum atomic E-state index is 0.733. The fourth-order valence-corrected chi connectivity index (χ4v) is 4.78. The number of fused-ring (bicyclic) bond motifs is 1. The molecular weight excluding hydrogens is 250 g/mol. The number of thiophene rings is 1. The molecule has 0 radical (unpaired) electrons. The van der Waals surface area contributed by atoms with Gasteiger partial charge in [0.2, 0.25) is 0 Å². The van der Waals surface area contributed by atoms with Crippen LogP contribution in [0, 0.1) is 17.8 Å². The van der Waals surface area contributed by atoms with Gasteiger partial charge in [-0.3, -0.25) is 0 Å². The smallest absolute Gasteiger partial charge is 0.0144 e. The maximum atomic E-state index is 3.83. The van der Waals surface area contributed by atoms with E-state index >= 15 is 0 Å². The molecule has 2 aliphatic carbocycles. The summed E-state index contributed by atoms with van der Waals surface area (Å²) in [5.74, 6) is 3.15. The summed E-state index contributed by atoms with van der Waals surface area (Å²) in [6.07, 6.45) is 8.23. The third-order valence-corrected chi connectivity index (χ3v) is 6.24. The van der Waals surface area contributed by atoms with Crippen molar-refractivity contribution in [3.05, 3.63) is 21.9 Å². The SMILES string of the molecule is CCCNC(Cc1ccc(CC)s1)C1CC2CC2C1. The largest absolute Gasteiger partial charge is 0.313 e. The van der Waals surface area contributed by atoms with Crippen LogP contribution in [0.15, 0.2) is 12.1 Å². The first-order valence-electron chi connectivity index (χ1n) is 8.11. The third-order valence-electron chi connectivity index (χ3n) is 4.99. The summed E-state index contributed by atoms with van der Waals surface area (Å²) in [7, 11) is 0. The maximum absolute atomic E-state index is 3.83. The summed E-state index contributed by atoms with van der Waals surface area (Å²) >= 11 is 2.03. The van der Waals surface area contributed by atoms with Gasteiger partial charge < -0.3 is 5.32 Å². The van der Waals surface area contributed by atoms with E-state index in [1.807, 2.05) is 11.3 Å². The van der Waals surface area contributed by atoms with Crippen molar-refractivity contribution in [3.63, 3.8) is 0 Å². The highest BCUT2D eigenvalue weighted by atomic mass is 32.1. The zero-order valence-electron chi connectivity index (χ0n) is 12.3. The van der Waals surface area contributed by atoms with Gasteiger partial charge in [0.1, 0.15) is 0 Å². The van der Waals surface area contributed by atoms with E-state index < -0.39 is 0 Å². The van der Waals surface area contributed by atoms with Crippen LogP contribution >= 0.6 is 11.3 Å². The molecular formula is C17H27NS. The second-order valence-corrected chi connectivity index (χ2v) is 7.73. The van der Waals surface area contributed by atoms with Crippen LogP contribution in [0.1, 0.15) is 49.3 Å². The van der Waals surface area contributed by atoms with Gasteiger partial charge in [-0.1, -0.05) is 13.8 Å². The Morgan fingerprint density at radius 3 is 2.53 bits per heavy atom. The Kier molecular flexibility index (Phi) is 4.28. The molecule has 0 aromatic carbocycles. The Morgan fingerprint density at radius 2 is 1.89 bits per heavy atom. The molecule has 3 unspecified atom stereocenters. The molecule has 1 aromatic rings. The maximum Gasteiger partial charge on any atom is 0.0144 e. The zero-order chi connectivity index (χ0) is 13.2. The van der Waals surface area contributed by atoms with Crippen molar-refractivity contribution >= 4 is 11.3 Å². The van der Waals surface area contributed by atoms with E-state index in [0.29, 0.717) is 0 Å². The lowest BCUT2D eigenvalue weighted by molar-refractivity contribution is 0.333.